The molecule has 1 heterocycles. The van der Waals surface area contributed by atoms with Crippen LogP contribution in [0.1, 0.15) is 16.3 Å². The Balaban J connectivity index is 2.37. The molecule has 0 amide bonds. The smallest absolute Gasteiger partial charge is 0.0897 e. The van der Waals surface area contributed by atoms with Crippen LogP contribution in [0, 0.1) is 6.92 Å². The lowest BCUT2D eigenvalue weighted by Gasteiger charge is -2.30. The number of benzene rings is 1. The van der Waals surface area contributed by atoms with E-state index in [4.69, 9.17) is 0 Å². The Morgan fingerprint density at radius 3 is 2.53 bits per heavy atom. The van der Waals surface area contributed by atoms with E-state index >= 15 is 0 Å². The van der Waals surface area contributed by atoms with Crippen LogP contribution in [0.3, 0.4) is 0 Å². The summed E-state index contributed by atoms with van der Waals surface area (Å²) in [6.07, 6.45) is 0.935. The number of aryl methyl sites for hydroxylation is 1. The van der Waals surface area contributed by atoms with Gasteiger partial charge in [0, 0.05) is 32.3 Å². The van der Waals surface area contributed by atoms with Gasteiger partial charge in [-0.2, -0.15) is 0 Å². The molecule has 0 radical (unpaired) electrons. The maximum Gasteiger partial charge on any atom is 0.0897 e. The van der Waals surface area contributed by atoms with Gasteiger partial charge in [0.1, 0.15) is 0 Å². The lowest BCUT2D eigenvalue weighted by molar-refractivity contribution is 0.544. The average Bonchev–Trinajstić information content (AvgIpc) is 2.81. The number of nitrogens with zero attached hydrogens (tertiary/aromatic N) is 1. The molecule has 1 aromatic heterocycles. The van der Waals surface area contributed by atoms with Crippen LogP contribution < -0.4 is 0 Å². The van der Waals surface area contributed by atoms with Gasteiger partial charge in [-0.25, -0.2) is 4.98 Å². The topological polar surface area (TPSA) is 12.9 Å². The van der Waals surface area contributed by atoms with E-state index < -0.39 is 0 Å². The predicted octanol–water partition coefficient (Wildman–Crippen LogP) is 5.48. The molecule has 0 N–H and O–H groups in total. The maximum absolute atomic E-state index is 4.60. The lowest BCUT2D eigenvalue weighted by Crippen LogP contribution is -2.33. The Hall–Kier alpha value is 0.290. The highest BCUT2D eigenvalue weighted by Gasteiger charge is 2.31. The highest BCUT2D eigenvalue weighted by molar-refractivity contribution is 9.10. The number of aromatic nitrogens is 1. The molecule has 0 spiro atoms. The Kier molecular flexibility index (Phi) is 5.64. The first-order valence-electron chi connectivity index (χ1n) is 5.88. The van der Waals surface area contributed by atoms with Crippen molar-refractivity contribution >= 4 is 59.1 Å². The fraction of sp³-hybridized carbons (Fsp3) is 0.357. The first-order valence-corrected chi connectivity index (χ1v) is 9.80. The summed E-state index contributed by atoms with van der Waals surface area (Å²) in [5.74, 6) is 0. The molecule has 0 aliphatic heterocycles. The minimum absolute atomic E-state index is 0.0320. The zero-order chi connectivity index (χ0) is 13.9. The fourth-order valence-electron chi connectivity index (χ4n) is 2.04. The minimum Gasteiger partial charge on any atom is -0.247 e. The van der Waals surface area contributed by atoms with Crippen molar-refractivity contribution in [2.45, 2.75) is 18.8 Å². The third-order valence-corrected chi connectivity index (χ3v) is 6.60. The van der Waals surface area contributed by atoms with E-state index in [0.717, 1.165) is 26.6 Å². The highest BCUT2D eigenvalue weighted by Crippen LogP contribution is 2.34. The van der Waals surface area contributed by atoms with Crippen LogP contribution in [-0.4, -0.2) is 15.6 Å². The predicted molar refractivity (Wildman–Crippen MR) is 94.0 cm³/mol. The normalized spacial score (nSPS) is 11.8. The summed E-state index contributed by atoms with van der Waals surface area (Å²) in [5.41, 5.74) is 2.52. The zero-order valence-corrected chi connectivity index (χ0v) is 16.1. The van der Waals surface area contributed by atoms with Crippen molar-refractivity contribution in [3.8, 4) is 0 Å². The second kappa shape index (κ2) is 6.83. The van der Waals surface area contributed by atoms with Gasteiger partial charge in [-0.05, 0) is 24.6 Å². The van der Waals surface area contributed by atoms with Crippen LogP contribution in [0.25, 0.3) is 0 Å². The van der Waals surface area contributed by atoms with Gasteiger partial charge >= 0.3 is 0 Å². The molecule has 102 valence electrons. The fourth-order valence-corrected chi connectivity index (χ4v) is 5.03. The van der Waals surface area contributed by atoms with Gasteiger partial charge in [-0.1, -0.05) is 59.9 Å². The van der Waals surface area contributed by atoms with Crippen LogP contribution in [0.4, 0.5) is 0 Å². The van der Waals surface area contributed by atoms with Gasteiger partial charge in [0.05, 0.1) is 10.7 Å². The van der Waals surface area contributed by atoms with E-state index in [1.807, 2.05) is 0 Å². The lowest BCUT2D eigenvalue weighted by atomic mass is 9.80. The summed E-state index contributed by atoms with van der Waals surface area (Å²) in [4.78, 5) is 4.60. The first kappa shape index (κ1) is 15.7. The molecule has 2 aromatic rings. The van der Waals surface area contributed by atoms with Gasteiger partial charge in [-0.3, -0.25) is 0 Å². The van der Waals surface area contributed by atoms with Crippen molar-refractivity contribution < 1.29 is 0 Å². The van der Waals surface area contributed by atoms with Crippen molar-refractivity contribution in [3.05, 3.63) is 50.4 Å². The van der Waals surface area contributed by atoms with Gasteiger partial charge in [0.15, 0.2) is 0 Å². The van der Waals surface area contributed by atoms with Gasteiger partial charge < -0.3 is 0 Å². The standard InChI is InChI=1S/C14H14Br3NS/c1-10-18-13(7-19-10)6-14(8-15,9-16)11-3-2-4-12(17)5-11/h2-5,7H,6,8-9H2,1H3. The maximum atomic E-state index is 4.60. The molecule has 0 unspecified atom stereocenters. The molecule has 0 saturated carbocycles. The Morgan fingerprint density at radius 2 is 2.00 bits per heavy atom. The zero-order valence-electron chi connectivity index (χ0n) is 10.5. The van der Waals surface area contributed by atoms with Crippen molar-refractivity contribution in [2.75, 3.05) is 10.7 Å². The number of halogens is 3. The van der Waals surface area contributed by atoms with E-state index in [-0.39, 0.29) is 5.41 Å². The monoisotopic (exact) mass is 465 g/mol. The molecular weight excluding hydrogens is 454 g/mol. The molecule has 1 aromatic carbocycles. The minimum atomic E-state index is 0.0320. The Bertz CT molecular complexity index is 549. The van der Waals surface area contributed by atoms with E-state index in [1.54, 1.807) is 11.3 Å². The molecule has 0 bridgehead atoms. The van der Waals surface area contributed by atoms with E-state index in [2.05, 4.69) is 89.3 Å². The molecule has 5 heteroatoms. The largest absolute Gasteiger partial charge is 0.247 e. The van der Waals surface area contributed by atoms with Gasteiger partial charge in [0.25, 0.3) is 0 Å². The number of alkyl halides is 2. The van der Waals surface area contributed by atoms with Crippen LogP contribution in [0.15, 0.2) is 34.1 Å². The summed E-state index contributed by atoms with van der Waals surface area (Å²) in [6, 6.07) is 8.53. The van der Waals surface area contributed by atoms with Crippen LogP contribution in [0.5, 0.6) is 0 Å². The molecular formula is C14H14Br3NS. The van der Waals surface area contributed by atoms with Crippen LogP contribution >= 0.6 is 59.1 Å². The summed E-state index contributed by atoms with van der Waals surface area (Å²) in [6.45, 7) is 2.05. The summed E-state index contributed by atoms with van der Waals surface area (Å²) >= 11 is 12.7. The molecule has 2 rings (SSSR count). The number of thiazole rings is 1. The van der Waals surface area contributed by atoms with Crippen molar-refractivity contribution in [2.24, 2.45) is 0 Å². The van der Waals surface area contributed by atoms with E-state index in [9.17, 15) is 0 Å². The third-order valence-electron chi connectivity index (χ3n) is 3.13. The van der Waals surface area contributed by atoms with Crippen molar-refractivity contribution in [1.29, 1.82) is 0 Å². The van der Waals surface area contributed by atoms with Crippen LogP contribution in [-0.2, 0) is 11.8 Å². The Morgan fingerprint density at radius 1 is 1.26 bits per heavy atom. The molecule has 0 atom stereocenters. The number of hydrogen-bond donors (Lipinski definition) is 0. The number of rotatable bonds is 5. The second-order valence-corrected chi connectivity index (χ2v) is 7.69. The first-order chi connectivity index (χ1) is 9.09. The number of hydrogen-bond acceptors (Lipinski definition) is 2. The molecule has 19 heavy (non-hydrogen) atoms. The van der Waals surface area contributed by atoms with Crippen molar-refractivity contribution in [3.63, 3.8) is 0 Å². The molecule has 0 aliphatic rings. The molecule has 0 saturated heterocycles. The summed E-state index contributed by atoms with van der Waals surface area (Å²) < 4.78 is 1.12. The van der Waals surface area contributed by atoms with Gasteiger partial charge in [-0.15, -0.1) is 11.3 Å². The quantitative estimate of drug-likeness (QED) is 0.530. The summed E-state index contributed by atoms with van der Waals surface area (Å²) in [7, 11) is 0. The average molecular weight is 468 g/mol. The van der Waals surface area contributed by atoms with E-state index in [1.165, 1.54) is 11.3 Å². The third kappa shape index (κ3) is 3.69. The van der Waals surface area contributed by atoms with Gasteiger partial charge in [0.2, 0.25) is 0 Å². The highest BCUT2D eigenvalue weighted by atomic mass is 79.9. The SMILES string of the molecule is Cc1nc(CC(CBr)(CBr)c2cccc(Br)c2)cs1. The Labute approximate surface area is 143 Å². The molecule has 0 aliphatic carbocycles. The second-order valence-electron chi connectivity index (χ2n) is 4.59. The molecule has 1 nitrogen and oxygen atoms in total. The summed E-state index contributed by atoms with van der Waals surface area (Å²) in [5, 5.41) is 5.09. The van der Waals surface area contributed by atoms with Crippen molar-refractivity contribution in [1.82, 2.24) is 4.98 Å². The van der Waals surface area contributed by atoms with Crippen LogP contribution in [0.2, 0.25) is 0 Å². The molecule has 0 fully saturated rings. The van der Waals surface area contributed by atoms with E-state index in [0.29, 0.717) is 0 Å².